The number of nitrogens with zero attached hydrogens (tertiary/aromatic N) is 1. The van der Waals surface area contributed by atoms with Gasteiger partial charge in [0.1, 0.15) is 0 Å². The number of aromatic amines is 1. The molecular formula is C21H30N4O. The summed E-state index contributed by atoms with van der Waals surface area (Å²) in [5, 5.41) is 8.41. The first-order chi connectivity index (χ1) is 12.7. The van der Waals surface area contributed by atoms with E-state index in [2.05, 4.69) is 40.7 Å². The fourth-order valence-electron chi connectivity index (χ4n) is 4.89. The maximum atomic E-state index is 12.4. The zero-order valence-electron chi connectivity index (χ0n) is 16.1. The molecule has 2 aliphatic rings. The van der Waals surface area contributed by atoms with Gasteiger partial charge in [-0.3, -0.25) is 0 Å². The highest BCUT2D eigenvalue weighted by molar-refractivity contribution is 5.89. The van der Waals surface area contributed by atoms with E-state index in [0.29, 0.717) is 12.0 Å². The number of rotatable bonds is 4. The zero-order valence-corrected chi connectivity index (χ0v) is 16.1. The number of urea groups is 1. The van der Waals surface area contributed by atoms with Gasteiger partial charge >= 0.3 is 6.03 Å². The fraction of sp³-hybridized carbons (Fsp3) is 0.571. The minimum atomic E-state index is 0.0601. The number of fused-ring (bicyclic) bond motifs is 2. The van der Waals surface area contributed by atoms with Crippen LogP contribution in [0.2, 0.25) is 0 Å². The van der Waals surface area contributed by atoms with Crippen molar-refractivity contribution in [3.05, 3.63) is 35.0 Å². The molecule has 2 amide bonds. The van der Waals surface area contributed by atoms with Gasteiger partial charge in [0.05, 0.1) is 0 Å². The summed E-state index contributed by atoms with van der Waals surface area (Å²) in [6.45, 7) is 8.63. The van der Waals surface area contributed by atoms with Crippen LogP contribution in [0.1, 0.15) is 49.9 Å². The SMILES string of the molecule is CCc1[nH]c2cccc3c2c1C[C@H]1NC[C@@H](NC(=O)N(CC)CC)CC31. The smallest absolute Gasteiger partial charge is 0.317 e. The molecule has 0 bridgehead atoms. The molecule has 5 heteroatoms. The van der Waals surface area contributed by atoms with Crippen LogP contribution in [0.15, 0.2) is 18.2 Å². The minimum Gasteiger partial charge on any atom is -0.358 e. The predicted molar refractivity (Wildman–Crippen MR) is 106 cm³/mol. The van der Waals surface area contributed by atoms with Gasteiger partial charge in [-0.1, -0.05) is 19.1 Å². The molecule has 3 N–H and O–H groups in total. The molecule has 1 aromatic carbocycles. The lowest BCUT2D eigenvalue weighted by Crippen LogP contribution is -2.56. The van der Waals surface area contributed by atoms with Gasteiger partial charge in [0.2, 0.25) is 0 Å². The number of piperidine rings is 1. The second kappa shape index (κ2) is 6.95. The van der Waals surface area contributed by atoms with Crippen molar-refractivity contribution in [1.82, 2.24) is 20.5 Å². The van der Waals surface area contributed by atoms with Crippen molar-refractivity contribution >= 4 is 16.9 Å². The lowest BCUT2D eigenvalue weighted by atomic mass is 9.74. The van der Waals surface area contributed by atoms with Crippen molar-refractivity contribution in [3.8, 4) is 0 Å². The van der Waals surface area contributed by atoms with Crippen molar-refractivity contribution < 1.29 is 4.79 Å². The molecule has 1 saturated heterocycles. The van der Waals surface area contributed by atoms with Gasteiger partial charge in [-0.05, 0) is 50.3 Å². The van der Waals surface area contributed by atoms with E-state index >= 15 is 0 Å². The van der Waals surface area contributed by atoms with Crippen LogP contribution in [-0.2, 0) is 12.8 Å². The second-order valence-corrected chi connectivity index (χ2v) is 7.59. The largest absolute Gasteiger partial charge is 0.358 e. The van der Waals surface area contributed by atoms with Crippen LogP contribution in [0.4, 0.5) is 4.79 Å². The molecule has 2 aromatic rings. The first-order valence-corrected chi connectivity index (χ1v) is 10.1. The van der Waals surface area contributed by atoms with Gasteiger partial charge in [0.25, 0.3) is 0 Å². The Bertz CT molecular complexity index is 808. The van der Waals surface area contributed by atoms with Gasteiger partial charge in [-0.25, -0.2) is 4.79 Å². The number of aromatic nitrogens is 1. The van der Waals surface area contributed by atoms with E-state index in [1.165, 1.54) is 27.7 Å². The molecule has 2 heterocycles. The number of aryl methyl sites for hydroxylation is 1. The Morgan fingerprint density at radius 2 is 2.08 bits per heavy atom. The standard InChI is InChI=1S/C21H30N4O/c1-4-17-16-11-19-15(14-8-7-9-18(24-17)20(14)16)10-13(12-22-19)23-21(26)25(5-2)6-3/h7-9,13,15,19,22,24H,4-6,10-12H2,1-3H3,(H,23,26)/t13-,15?,19+/m0/s1. The number of hydrogen-bond acceptors (Lipinski definition) is 2. The van der Waals surface area contributed by atoms with Crippen LogP contribution in [0.5, 0.6) is 0 Å². The Labute approximate surface area is 155 Å². The van der Waals surface area contributed by atoms with Gasteiger partial charge < -0.3 is 20.5 Å². The highest BCUT2D eigenvalue weighted by Gasteiger charge is 2.37. The molecule has 1 aromatic heterocycles. The van der Waals surface area contributed by atoms with E-state index in [1.807, 2.05) is 18.7 Å². The number of carbonyl (C=O) groups excluding carboxylic acids is 1. The molecule has 1 unspecified atom stereocenters. The van der Waals surface area contributed by atoms with E-state index in [1.54, 1.807) is 0 Å². The van der Waals surface area contributed by atoms with Crippen molar-refractivity contribution in [1.29, 1.82) is 0 Å². The Hall–Kier alpha value is -2.01. The maximum absolute atomic E-state index is 12.4. The summed E-state index contributed by atoms with van der Waals surface area (Å²) in [4.78, 5) is 17.9. The van der Waals surface area contributed by atoms with Gasteiger partial charge in [0, 0.05) is 54.2 Å². The third-order valence-corrected chi connectivity index (χ3v) is 6.25. The molecule has 0 spiro atoms. The van der Waals surface area contributed by atoms with Crippen LogP contribution in [0, 0.1) is 0 Å². The Morgan fingerprint density at radius 1 is 1.27 bits per heavy atom. The highest BCUT2D eigenvalue weighted by atomic mass is 16.2. The Balaban J connectivity index is 1.60. The highest BCUT2D eigenvalue weighted by Crippen LogP contribution is 2.42. The number of hydrogen-bond donors (Lipinski definition) is 3. The fourth-order valence-corrected chi connectivity index (χ4v) is 4.89. The van der Waals surface area contributed by atoms with E-state index in [9.17, 15) is 4.79 Å². The third-order valence-electron chi connectivity index (χ3n) is 6.25. The number of H-pyrrole nitrogens is 1. The monoisotopic (exact) mass is 354 g/mol. The number of carbonyl (C=O) groups is 1. The van der Waals surface area contributed by atoms with Crippen LogP contribution >= 0.6 is 0 Å². The molecule has 0 radical (unpaired) electrons. The summed E-state index contributed by atoms with van der Waals surface area (Å²) < 4.78 is 0. The van der Waals surface area contributed by atoms with Crippen LogP contribution in [0.25, 0.3) is 10.9 Å². The summed E-state index contributed by atoms with van der Waals surface area (Å²) >= 11 is 0. The zero-order chi connectivity index (χ0) is 18.3. The summed E-state index contributed by atoms with van der Waals surface area (Å²) in [5.41, 5.74) is 5.59. The van der Waals surface area contributed by atoms with Gasteiger partial charge in [-0.2, -0.15) is 0 Å². The van der Waals surface area contributed by atoms with Crippen molar-refractivity contribution in [2.75, 3.05) is 19.6 Å². The first-order valence-electron chi connectivity index (χ1n) is 10.1. The third kappa shape index (κ3) is 2.78. The van der Waals surface area contributed by atoms with Crippen molar-refractivity contribution in [2.24, 2.45) is 0 Å². The number of nitrogens with one attached hydrogen (secondary N) is 3. The molecule has 4 rings (SSSR count). The molecule has 1 fully saturated rings. The van der Waals surface area contributed by atoms with E-state index in [0.717, 1.165) is 38.9 Å². The summed E-state index contributed by atoms with van der Waals surface area (Å²) in [6.07, 6.45) is 3.14. The summed E-state index contributed by atoms with van der Waals surface area (Å²) in [5.74, 6) is 0.461. The van der Waals surface area contributed by atoms with Crippen LogP contribution < -0.4 is 10.6 Å². The van der Waals surface area contributed by atoms with E-state index in [4.69, 9.17) is 0 Å². The van der Waals surface area contributed by atoms with Gasteiger partial charge in [-0.15, -0.1) is 0 Å². The lowest BCUT2D eigenvalue weighted by Gasteiger charge is -2.41. The van der Waals surface area contributed by atoms with Crippen molar-refractivity contribution in [2.45, 2.75) is 58.0 Å². The molecule has 1 aliphatic heterocycles. The molecule has 0 saturated carbocycles. The normalized spacial score (nSPS) is 24.3. The average Bonchev–Trinajstić information content (AvgIpc) is 3.02. The first kappa shape index (κ1) is 17.4. The van der Waals surface area contributed by atoms with E-state index in [-0.39, 0.29) is 12.1 Å². The quantitative estimate of drug-likeness (QED) is 0.790. The molecule has 26 heavy (non-hydrogen) atoms. The van der Waals surface area contributed by atoms with Gasteiger partial charge in [0.15, 0.2) is 0 Å². The summed E-state index contributed by atoms with van der Waals surface area (Å²) in [7, 11) is 0. The van der Waals surface area contributed by atoms with E-state index < -0.39 is 0 Å². The molecular weight excluding hydrogens is 324 g/mol. The lowest BCUT2D eigenvalue weighted by molar-refractivity contribution is 0.191. The maximum Gasteiger partial charge on any atom is 0.317 e. The molecule has 3 atom stereocenters. The van der Waals surface area contributed by atoms with Crippen molar-refractivity contribution in [3.63, 3.8) is 0 Å². The second-order valence-electron chi connectivity index (χ2n) is 7.59. The van der Waals surface area contributed by atoms with Crippen LogP contribution in [0.3, 0.4) is 0 Å². The summed E-state index contributed by atoms with van der Waals surface area (Å²) in [6, 6.07) is 7.35. The average molecular weight is 354 g/mol. The Kier molecular flexibility index (Phi) is 4.65. The molecule has 5 nitrogen and oxygen atoms in total. The molecule has 140 valence electrons. The Morgan fingerprint density at radius 3 is 2.81 bits per heavy atom. The topological polar surface area (TPSA) is 60.2 Å². The minimum absolute atomic E-state index is 0.0601. The predicted octanol–water partition coefficient (Wildman–Crippen LogP) is 3.15. The number of benzene rings is 1. The van der Waals surface area contributed by atoms with Crippen LogP contribution in [-0.4, -0.2) is 47.6 Å². The molecule has 1 aliphatic carbocycles. The number of amides is 2.